The highest BCUT2D eigenvalue weighted by Crippen LogP contribution is 2.65. The van der Waals surface area contributed by atoms with Crippen molar-refractivity contribution in [3.8, 4) is 5.75 Å². The molecule has 1 aromatic carbocycles. The van der Waals surface area contributed by atoms with Crippen LogP contribution in [0.2, 0.25) is 5.02 Å². The van der Waals surface area contributed by atoms with Crippen molar-refractivity contribution < 1.29 is 14.5 Å². The van der Waals surface area contributed by atoms with Crippen LogP contribution in [-0.2, 0) is 17.1 Å². The lowest BCUT2D eigenvalue weighted by atomic mass is 9.46. The van der Waals surface area contributed by atoms with Crippen LogP contribution in [-0.4, -0.2) is 30.4 Å². The molecule has 0 radical (unpaired) electrons. The predicted octanol–water partition coefficient (Wildman–Crippen LogP) is 5.00. The number of carbonyl (C=O) groups is 1. The third kappa shape index (κ3) is 4.34. The topological polar surface area (TPSA) is 117 Å². The number of benzene rings is 1. The number of halogens is 1. The first-order chi connectivity index (χ1) is 17.3. The number of hydrogen-bond acceptors (Lipinski definition) is 6. The molecule has 4 fully saturated rings. The number of carbonyl (C=O) groups excluding carboxylic acids is 1. The van der Waals surface area contributed by atoms with Gasteiger partial charge in [0.05, 0.1) is 28.5 Å². The van der Waals surface area contributed by atoms with Gasteiger partial charge in [-0.2, -0.15) is 10.2 Å². The van der Waals surface area contributed by atoms with E-state index in [2.05, 4.69) is 15.5 Å². The highest BCUT2D eigenvalue weighted by molar-refractivity contribution is 6.30. The van der Waals surface area contributed by atoms with Crippen molar-refractivity contribution in [3.05, 3.63) is 64.2 Å². The van der Waals surface area contributed by atoms with E-state index in [4.69, 9.17) is 16.3 Å². The van der Waals surface area contributed by atoms with Crippen molar-refractivity contribution >= 4 is 28.9 Å². The molecule has 4 saturated carbocycles. The number of nitro groups is 1. The van der Waals surface area contributed by atoms with Crippen LogP contribution in [0.3, 0.4) is 0 Å². The number of amides is 1. The van der Waals surface area contributed by atoms with Crippen molar-refractivity contribution in [2.45, 2.75) is 57.2 Å². The molecular formula is C25H27ClN6O4. The first kappa shape index (κ1) is 23.0. The Morgan fingerprint density at radius 2 is 2.00 bits per heavy atom. The number of nitrogens with zero attached hydrogens (tertiary/aromatic N) is 5. The zero-order valence-corrected chi connectivity index (χ0v) is 20.4. The normalized spacial score (nSPS) is 28.2. The van der Waals surface area contributed by atoms with Gasteiger partial charge >= 0.3 is 5.69 Å². The molecule has 36 heavy (non-hydrogen) atoms. The van der Waals surface area contributed by atoms with Gasteiger partial charge in [0.2, 0.25) is 5.91 Å². The van der Waals surface area contributed by atoms with E-state index < -0.39 is 4.92 Å². The standard InChI is InChI=1S/C25H27ClN6O4/c26-19-2-1-3-22(5-19)36-16-30-13-20(11-27-30)29-23(33)10-24-6-17-4-18(7-24)9-25(8-17,15-24)31-14-21(12-28-31)32(34)35/h1-3,5,11-14,17-18H,4,6-10,15-16H2,(H,29,33). The molecule has 4 bridgehead atoms. The summed E-state index contributed by atoms with van der Waals surface area (Å²) < 4.78 is 9.15. The summed E-state index contributed by atoms with van der Waals surface area (Å²) in [4.78, 5) is 24.0. The first-order valence-electron chi connectivity index (χ1n) is 12.2. The molecule has 2 aromatic heterocycles. The summed E-state index contributed by atoms with van der Waals surface area (Å²) in [5.41, 5.74) is 0.299. The van der Waals surface area contributed by atoms with Crippen molar-refractivity contribution in [1.82, 2.24) is 19.6 Å². The molecule has 0 spiro atoms. The van der Waals surface area contributed by atoms with E-state index in [1.54, 1.807) is 35.4 Å². The van der Waals surface area contributed by atoms with Crippen molar-refractivity contribution in [2.24, 2.45) is 17.3 Å². The van der Waals surface area contributed by atoms with Gasteiger partial charge in [-0.25, -0.2) is 4.68 Å². The molecular weight excluding hydrogens is 484 g/mol. The number of nitrogens with one attached hydrogen (secondary N) is 1. The number of hydrogen-bond donors (Lipinski definition) is 1. The second-order valence-corrected chi connectivity index (χ2v) is 11.2. The molecule has 1 N–H and O–H groups in total. The fourth-order valence-corrected chi connectivity index (χ4v) is 7.47. The maximum atomic E-state index is 13.2. The van der Waals surface area contributed by atoms with E-state index >= 15 is 0 Å². The lowest BCUT2D eigenvalue weighted by Crippen LogP contribution is -2.57. The SMILES string of the molecule is O=C(CC12CC3CC(C1)CC(n1cc([N+](=O)[O-])cn1)(C3)C2)Nc1cnn(COc2cccc(Cl)c2)c1. The van der Waals surface area contributed by atoms with Gasteiger partial charge in [-0.1, -0.05) is 17.7 Å². The number of anilines is 1. The minimum atomic E-state index is -0.395. The summed E-state index contributed by atoms with van der Waals surface area (Å²) in [6, 6.07) is 7.14. The Bertz CT molecular complexity index is 1310. The summed E-state index contributed by atoms with van der Waals surface area (Å²) in [7, 11) is 0. The van der Waals surface area contributed by atoms with Gasteiger partial charge in [-0.05, 0) is 74.0 Å². The summed E-state index contributed by atoms with van der Waals surface area (Å²) in [5, 5.41) is 23.5. The third-order valence-electron chi connectivity index (χ3n) is 8.03. The van der Waals surface area contributed by atoms with Crippen LogP contribution in [0, 0.1) is 27.4 Å². The van der Waals surface area contributed by atoms with Crippen LogP contribution in [0.15, 0.2) is 49.1 Å². The van der Waals surface area contributed by atoms with Gasteiger partial charge in [-0.3, -0.25) is 19.6 Å². The highest BCUT2D eigenvalue weighted by atomic mass is 35.5. The van der Waals surface area contributed by atoms with Gasteiger partial charge in [-0.15, -0.1) is 0 Å². The first-order valence-corrected chi connectivity index (χ1v) is 12.6. The average Bonchev–Trinajstić information content (AvgIpc) is 3.47. The molecule has 0 aliphatic heterocycles. The van der Waals surface area contributed by atoms with Gasteiger partial charge < -0.3 is 10.1 Å². The van der Waals surface area contributed by atoms with Gasteiger partial charge in [0.25, 0.3) is 0 Å². The summed E-state index contributed by atoms with van der Waals surface area (Å²) in [6.07, 6.45) is 12.7. The lowest BCUT2D eigenvalue weighted by Gasteiger charge is -2.61. The Hall–Kier alpha value is -3.40. The van der Waals surface area contributed by atoms with Crippen LogP contribution in [0.5, 0.6) is 5.75 Å². The predicted molar refractivity (Wildman–Crippen MR) is 132 cm³/mol. The van der Waals surface area contributed by atoms with E-state index in [1.165, 1.54) is 12.6 Å². The molecule has 11 heteroatoms. The van der Waals surface area contributed by atoms with Crippen LogP contribution in [0.1, 0.15) is 44.9 Å². The molecule has 2 atom stereocenters. The molecule has 2 heterocycles. The quantitative estimate of drug-likeness (QED) is 0.336. The summed E-state index contributed by atoms with van der Waals surface area (Å²) in [5.74, 6) is 1.65. The van der Waals surface area contributed by atoms with Crippen molar-refractivity contribution in [3.63, 3.8) is 0 Å². The molecule has 1 amide bonds. The van der Waals surface area contributed by atoms with Crippen LogP contribution < -0.4 is 10.1 Å². The van der Waals surface area contributed by atoms with E-state index in [1.807, 2.05) is 16.8 Å². The zero-order valence-electron chi connectivity index (χ0n) is 19.7. The van der Waals surface area contributed by atoms with Crippen molar-refractivity contribution in [1.29, 1.82) is 0 Å². The van der Waals surface area contributed by atoms with Gasteiger partial charge in [0.1, 0.15) is 18.1 Å². The zero-order chi connectivity index (χ0) is 24.9. The van der Waals surface area contributed by atoms with E-state index in [9.17, 15) is 14.9 Å². The van der Waals surface area contributed by atoms with Crippen LogP contribution >= 0.6 is 11.6 Å². The molecule has 3 aromatic rings. The summed E-state index contributed by atoms with van der Waals surface area (Å²) >= 11 is 5.99. The minimum absolute atomic E-state index is 0.0221. The Labute approximate surface area is 212 Å². The number of rotatable bonds is 8. The fraction of sp³-hybridized carbons (Fsp3) is 0.480. The maximum absolute atomic E-state index is 13.2. The van der Waals surface area contributed by atoms with Gasteiger partial charge in [0.15, 0.2) is 6.73 Å². The van der Waals surface area contributed by atoms with Gasteiger partial charge in [0, 0.05) is 11.4 Å². The Morgan fingerprint density at radius 3 is 2.72 bits per heavy atom. The monoisotopic (exact) mass is 510 g/mol. The average molecular weight is 511 g/mol. The molecule has 2 unspecified atom stereocenters. The molecule has 0 saturated heterocycles. The summed E-state index contributed by atoms with van der Waals surface area (Å²) in [6.45, 7) is 0.196. The van der Waals surface area contributed by atoms with E-state index in [0.29, 0.717) is 34.7 Å². The Morgan fingerprint density at radius 1 is 1.19 bits per heavy atom. The third-order valence-corrected chi connectivity index (χ3v) is 8.26. The van der Waals surface area contributed by atoms with E-state index in [0.717, 1.165) is 32.1 Å². The van der Waals surface area contributed by atoms with Crippen LogP contribution in [0.4, 0.5) is 11.4 Å². The van der Waals surface area contributed by atoms with Crippen LogP contribution in [0.25, 0.3) is 0 Å². The maximum Gasteiger partial charge on any atom is 0.307 e. The lowest BCUT2D eigenvalue weighted by molar-refractivity contribution is -0.385. The minimum Gasteiger partial charge on any atom is -0.471 e. The second-order valence-electron chi connectivity index (χ2n) is 10.8. The Balaban J connectivity index is 1.12. The molecule has 188 valence electrons. The molecule has 7 rings (SSSR count). The molecule has 4 aliphatic rings. The highest BCUT2D eigenvalue weighted by Gasteiger charge is 2.59. The smallest absolute Gasteiger partial charge is 0.307 e. The number of aromatic nitrogens is 4. The van der Waals surface area contributed by atoms with Crippen molar-refractivity contribution in [2.75, 3.05) is 5.32 Å². The molecule has 4 aliphatic carbocycles. The molecule has 10 nitrogen and oxygen atoms in total. The number of ether oxygens (including phenoxy) is 1. The second kappa shape index (κ2) is 8.62. The largest absolute Gasteiger partial charge is 0.471 e. The van der Waals surface area contributed by atoms with E-state index in [-0.39, 0.29) is 29.3 Å². The fourth-order valence-electron chi connectivity index (χ4n) is 7.29. The Kier molecular flexibility index (Phi) is 5.51.